The number of fused-ring (bicyclic) bond motifs is 1. The van der Waals surface area contributed by atoms with E-state index in [1.807, 2.05) is 29.8 Å². The van der Waals surface area contributed by atoms with Crippen LogP contribution in [0.2, 0.25) is 0 Å². The number of anilines is 3. The summed E-state index contributed by atoms with van der Waals surface area (Å²) < 4.78 is 1.95. The quantitative estimate of drug-likeness (QED) is 0.912. The van der Waals surface area contributed by atoms with Gasteiger partial charge in [0.1, 0.15) is 5.69 Å². The third-order valence-electron chi connectivity index (χ3n) is 3.55. The molecular weight excluding hydrogens is 252 g/mol. The molecule has 2 aromatic rings. The van der Waals surface area contributed by atoms with E-state index >= 15 is 0 Å². The number of nitrogens with one attached hydrogen (secondary N) is 1. The van der Waals surface area contributed by atoms with Crippen molar-refractivity contribution in [2.24, 2.45) is 0 Å². The van der Waals surface area contributed by atoms with E-state index in [1.165, 1.54) is 0 Å². The van der Waals surface area contributed by atoms with Crippen LogP contribution < -0.4 is 10.2 Å². The molecule has 1 aliphatic heterocycles. The molecule has 0 saturated carbocycles. The van der Waals surface area contributed by atoms with Gasteiger partial charge in [0.05, 0.1) is 5.69 Å². The molecule has 0 atom stereocenters. The lowest BCUT2D eigenvalue weighted by Gasteiger charge is -2.24. The van der Waals surface area contributed by atoms with Gasteiger partial charge in [-0.05, 0) is 26.0 Å². The highest BCUT2D eigenvalue weighted by Crippen LogP contribution is 2.36. The number of hydrogen-bond acceptors (Lipinski definition) is 3. The van der Waals surface area contributed by atoms with Gasteiger partial charge in [-0.2, -0.15) is 5.10 Å². The van der Waals surface area contributed by atoms with Gasteiger partial charge >= 0.3 is 0 Å². The Hall–Kier alpha value is -2.30. The van der Waals surface area contributed by atoms with Crippen molar-refractivity contribution in [2.75, 3.05) is 16.8 Å². The summed E-state index contributed by atoms with van der Waals surface area (Å²) in [6.07, 6.45) is 0.479. The molecule has 0 radical (unpaired) electrons. The highest BCUT2D eigenvalue weighted by molar-refractivity contribution is 5.97. The first-order valence-corrected chi connectivity index (χ1v) is 6.90. The monoisotopic (exact) mass is 270 g/mol. The summed E-state index contributed by atoms with van der Waals surface area (Å²) in [5, 5.41) is 7.50. The number of carbonyl (C=O) groups excluding carboxylic acids is 1. The van der Waals surface area contributed by atoms with E-state index in [0.717, 1.165) is 29.4 Å². The summed E-state index contributed by atoms with van der Waals surface area (Å²) in [4.78, 5) is 14.1. The largest absolute Gasteiger partial charge is 0.324 e. The molecule has 104 valence electrons. The average Bonchev–Trinajstić information content (AvgIpc) is 2.67. The van der Waals surface area contributed by atoms with Crippen LogP contribution in [0.1, 0.15) is 19.0 Å². The summed E-state index contributed by atoms with van der Waals surface area (Å²) in [6.45, 7) is 5.42. The van der Waals surface area contributed by atoms with Gasteiger partial charge in [-0.15, -0.1) is 0 Å². The Morgan fingerprint density at radius 2 is 2.05 bits per heavy atom. The van der Waals surface area contributed by atoms with Crippen molar-refractivity contribution in [1.82, 2.24) is 9.78 Å². The summed E-state index contributed by atoms with van der Waals surface area (Å²) in [7, 11) is 0. The van der Waals surface area contributed by atoms with Crippen molar-refractivity contribution in [2.45, 2.75) is 26.8 Å². The summed E-state index contributed by atoms with van der Waals surface area (Å²) in [5.41, 5.74) is 2.77. The van der Waals surface area contributed by atoms with Crippen molar-refractivity contribution < 1.29 is 4.79 Å². The standard InChI is InChI=1S/C15H18N4O/c1-3-19-15-14(11(2)17-19)16-13(20)9-10-18(15)12-7-5-4-6-8-12/h4-8H,3,9-10H2,1-2H3,(H,16,20). The Bertz CT molecular complexity index is 633. The molecule has 0 bridgehead atoms. The predicted octanol–water partition coefficient (Wildman–Crippen LogP) is 2.69. The van der Waals surface area contributed by atoms with Gasteiger partial charge in [-0.1, -0.05) is 18.2 Å². The summed E-state index contributed by atoms with van der Waals surface area (Å²) >= 11 is 0. The van der Waals surface area contributed by atoms with Gasteiger partial charge in [-0.3, -0.25) is 4.79 Å². The average molecular weight is 270 g/mol. The zero-order chi connectivity index (χ0) is 14.1. The van der Waals surface area contributed by atoms with Crippen molar-refractivity contribution in [3.63, 3.8) is 0 Å². The van der Waals surface area contributed by atoms with Crippen LogP contribution in [0.4, 0.5) is 17.2 Å². The molecule has 1 amide bonds. The first-order chi connectivity index (χ1) is 9.70. The van der Waals surface area contributed by atoms with E-state index in [9.17, 15) is 4.79 Å². The van der Waals surface area contributed by atoms with Crippen molar-refractivity contribution in [3.05, 3.63) is 36.0 Å². The molecule has 5 nitrogen and oxygen atoms in total. The number of aryl methyl sites for hydroxylation is 2. The predicted molar refractivity (Wildman–Crippen MR) is 79.3 cm³/mol. The maximum absolute atomic E-state index is 11.9. The fourth-order valence-corrected chi connectivity index (χ4v) is 2.59. The molecule has 1 aromatic carbocycles. The van der Waals surface area contributed by atoms with Gasteiger partial charge in [0.25, 0.3) is 0 Å². The van der Waals surface area contributed by atoms with Crippen LogP contribution in [0.5, 0.6) is 0 Å². The Kier molecular flexibility index (Phi) is 3.18. The number of nitrogens with zero attached hydrogens (tertiary/aromatic N) is 3. The summed E-state index contributed by atoms with van der Waals surface area (Å²) in [6, 6.07) is 10.1. The Labute approximate surface area is 118 Å². The topological polar surface area (TPSA) is 50.2 Å². The third-order valence-corrected chi connectivity index (χ3v) is 3.55. The molecule has 0 aliphatic carbocycles. The van der Waals surface area contributed by atoms with Crippen molar-refractivity contribution in [3.8, 4) is 0 Å². The molecule has 0 fully saturated rings. The minimum Gasteiger partial charge on any atom is -0.324 e. The first kappa shape index (κ1) is 12.7. The zero-order valence-electron chi connectivity index (χ0n) is 11.8. The molecule has 0 unspecified atom stereocenters. The van der Waals surface area contributed by atoms with Crippen molar-refractivity contribution >= 4 is 23.1 Å². The molecule has 2 heterocycles. The minimum absolute atomic E-state index is 0.0448. The van der Waals surface area contributed by atoms with Gasteiger partial charge in [0.15, 0.2) is 5.82 Å². The van der Waals surface area contributed by atoms with Crippen LogP contribution >= 0.6 is 0 Å². The molecule has 20 heavy (non-hydrogen) atoms. The van der Waals surface area contributed by atoms with Crippen LogP contribution in [0, 0.1) is 6.92 Å². The van der Waals surface area contributed by atoms with Crippen LogP contribution in [0.25, 0.3) is 0 Å². The van der Waals surface area contributed by atoms with E-state index in [-0.39, 0.29) is 5.91 Å². The number of aromatic nitrogens is 2. The van der Waals surface area contributed by atoms with E-state index in [4.69, 9.17) is 0 Å². The van der Waals surface area contributed by atoms with Gasteiger partial charge in [0, 0.05) is 25.2 Å². The third kappa shape index (κ3) is 2.05. The number of hydrogen-bond donors (Lipinski definition) is 1. The molecule has 5 heteroatoms. The van der Waals surface area contributed by atoms with Crippen LogP contribution in [0.15, 0.2) is 30.3 Å². The van der Waals surface area contributed by atoms with Crippen molar-refractivity contribution in [1.29, 1.82) is 0 Å². The van der Waals surface area contributed by atoms with Crippen LogP contribution in [0.3, 0.4) is 0 Å². The van der Waals surface area contributed by atoms with Crippen LogP contribution in [-0.2, 0) is 11.3 Å². The second-order valence-corrected chi connectivity index (χ2v) is 4.89. The van der Waals surface area contributed by atoms with Crippen LogP contribution in [-0.4, -0.2) is 22.2 Å². The zero-order valence-corrected chi connectivity index (χ0v) is 11.8. The summed E-state index contributed by atoms with van der Waals surface area (Å²) in [5.74, 6) is 1.02. The second kappa shape index (κ2) is 5.00. The van der Waals surface area contributed by atoms with Gasteiger partial charge < -0.3 is 10.2 Å². The number of amides is 1. The van der Waals surface area contributed by atoms with E-state index in [0.29, 0.717) is 13.0 Å². The fraction of sp³-hybridized carbons (Fsp3) is 0.333. The Morgan fingerprint density at radius 1 is 1.30 bits per heavy atom. The maximum Gasteiger partial charge on any atom is 0.226 e. The maximum atomic E-state index is 11.9. The lowest BCUT2D eigenvalue weighted by atomic mass is 10.2. The van der Waals surface area contributed by atoms with E-state index in [1.54, 1.807) is 0 Å². The molecule has 1 aromatic heterocycles. The second-order valence-electron chi connectivity index (χ2n) is 4.89. The highest BCUT2D eigenvalue weighted by Gasteiger charge is 2.26. The molecule has 0 saturated heterocycles. The van der Waals surface area contributed by atoms with Gasteiger partial charge in [0.2, 0.25) is 5.91 Å². The Balaban J connectivity index is 2.16. The highest BCUT2D eigenvalue weighted by atomic mass is 16.1. The number of benzene rings is 1. The normalized spacial score (nSPS) is 14.7. The van der Waals surface area contributed by atoms with E-state index < -0.39 is 0 Å². The number of para-hydroxylation sites is 1. The lowest BCUT2D eigenvalue weighted by Crippen LogP contribution is -2.22. The lowest BCUT2D eigenvalue weighted by molar-refractivity contribution is -0.115. The first-order valence-electron chi connectivity index (χ1n) is 6.90. The Morgan fingerprint density at radius 3 is 2.75 bits per heavy atom. The fourth-order valence-electron chi connectivity index (χ4n) is 2.59. The van der Waals surface area contributed by atoms with E-state index in [2.05, 4.69) is 34.4 Å². The molecule has 1 N–H and O–H groups in total. The number of rotatable bonds is 2. The van der Waals surface area contributed by atoms with Gasteiger partial charge in [-0.25, -0.2) is 4.68 Å². The molecule has 1 aliphatic rings. The molecule has 0 spiro atoms. The SMILES string of the molecule is CCn1nc(C)c2c1N(c1ccccc1)CCC(=O)N2. The molecule has 3 rings (SSSR count). The number of carbonyl (C=O) groups is 1. The molecular formula is C15H18N4O. The smallest absolute Gasteiger partial charge is 0.226 e. The minimum atomic E-state index is 0.0448.